The summed E-state index contributed by atoms with van der Waals surface area (Å²) >= 11 is 0. The van der Waals surface area contributed by atoms with E-state index in [-0.39, 0.29) is 11.3 Å². The fourth-order valence-electron chi connectivity index (χ4n) is 7.33. The molecule has 0 aliphatic rings. The number of nitrogens with one attached hydrogen (secondary N) is 1. The van der Waals surface area contributed by atoms with Gasteiger partial charge in [0.2, 0.25) is 5.91 Å². The van der Waals surface area contributed by atoms with E-state index in [9.17, 15) is 4.79 Å². The van der Waals surface area contributed by atoms with Gasteiger partial charge in [-0.2, -0.15) is 0 Å². The minimum atomic E-state index is 0.118. The van der Waals surface area contributed by atoms with E-state index >= 15 is 0 Å². The molecule has 0 spiro atoms. The van der Waals surface area contributed by atoms with E-state index in [4.69, 9.17) is 9.97 Å². The van der Waals surface area contributed by atoms with Crippen LogP contribution in [0.2, 0.25) is 0 Å². The second-order valence-electron chi connectivity index (χ2n) is 16.4. The van der Waals surface area contributed by atoms with E-state index in [1.165, 1.54) is 106 Å². The number of aryl methyl sites for hydroxylation is 1. The van der Waals surface area contributed by atoms with Gasteiger partial charge >= 0.3 is 0 Å². The van der Waals surface area contributed by atoms with Gasteiger partial charge in [0.15, 0.2) is 0 Å². The number of rotatable bonds is 25. The molecule has 0 radical (unpaired) electrons. The van der Waals surface area contributed by atoms with Crippen LogP contribution in [0.3, 0.4) is 0 Å². The minimum absolute atomic E-state index is 0.118. The van der Waals surface area contributed by atoms with Gasteiger partial charge in [0, 0.05) is 31.3 Å². The Labute approximate surface area is 310 Å². The summed E-state index contributed by atoms with van der Waals surface area (Å²) in [4.78, 5) is 23.0. The second-order valence-corrected chi connectivity index (χ2v) is 16.4. The van der Waals surface area contributed by atoms with Crippen LogP contribution in [-0.2, 0) is 30.7 Å². The lowest BCUT2D eigenvalue weighted by atomic mass is 9.89. The molecule has 0 saturated heterocycles. The molecule has 2 aromatic heterocycles. The van der Waals surface area contributed by atoms with Crippen molar-refractivity contribution in [1.82, 2.24) is 19.9 Å². The standard InChI is InChI=1S/C46H70N4O/c1-6-8-10-11-12-13-14-15-16-17-18-19-20-21-22-23-29-43(51)47-35-37-30-32-38(33-31-37)36-50-42(28-9-7-2)49-44-41(34-46(3,4)5)48-40-27-25-24-26-39(40)45(44)50/h24-27,30-33H,6-23,28-29,34-36H2,1-5H3,(H,47,51). The van der Waals surface area contributed by atoms with E-state index in [1.807, 2.05) is 0 Å². The van der Waals surface area contributed by atoms with Crippen LogP contribution < -0.4 is 5.32 Å². The lowest BCUT2D eigenvalue weighted by molar-refractivity contribution is -0.121. The summed E-state index contributed by atoms with van der Waals surface area (Å²) in [5.41, 5.74) is 6.90. The number of fused-ring (bicyclic) bond motifs is 3. The molecule has 5 nitrogen and oxygen atoms in total. The Bertz CT molecular complexity index is 1580. The zero-order valence-electron chi connectivity index (χ0n) is 33.1. The van der Waals surface area contributed by atoms with Crippen molar-refractivity contribution < 1.29 is 4.79 Å². The van der Waals surface area contributed by atoms with Gasteiger partial charge < -0.3 is 9.88 Å². The van der Waals surface area contributed by atoms with E-state index in [2.05, 4.69) is 93.0 Å². The Hall–Kier alpha value is -3.21. The largest absolute Gasteiger partial charge is 0.352 e. The number of hydrogen-bond acceptors (Lipinski definition) is 3. The second kappa shape index (κ2) is 22.0. The van der Waals surface area contributed by atoms with Crippen molar-refractivity contribution in [1.29, 1.82) is 0 Å². The van der Waals surface area contributed by atoms with Gasteiger partial charge in [-0.3, -0.25) is 9.78 Å². The van der Waals surface area contributed by atoms with Gasteiger partial charge in [0.25, 0.3) is 0 Å². The number of benzene rings is 2. The van der Waals surface area contributed by atoms with E-state index in [0.717, 1.165) is 73.2 Å². The molecule has 5 heteroatoms. The molecule has 0 aliphatic heterocycles. The van der Waals surface area contributed by atoms with Crippen LogP contribution in [0.15, 0.2) is 48.5 Å². The Balaban J connectivity index is 1.20. The topological polar surface area (TPSA) is 59.8 Å². The average molecular weight is 695 g/mol. The molecule has 0 atom stereocenters. The third-order valence-electron chi connectivity index (χ3n) is 10.3. The number of carbonyl (C=O) groups is 1. The molecule has 0 aliphatic carbocycles. The van der Waals surface area contributed by atoms with E-state index in [1.54, 1.807) is 0 Å². The quantitative estimate of drug-likeness (QED) is 0.0703. The smallest absolute Gasteiger partial charge is 0.220 e. The zero-order chi connectivity index (χ0) is 36.3. The minimum Gasteiger partial charge on any atom is -0.352 e. The maximum absolute atomic E-state index is 12.6. The number of amides is 1. The van der Waals surface area contributed by atoms with Crippen LogP contribution in [0, 0.1) is 5.41 Å². The van der Waals surface area contributed by atoms with Crippen LogP contribution >= 0.6 is 0 Å². The molecule has 51 heavy (non-hydrogen) atoms. The lowest BCUT2D eigenvalue weighted by Gasteiger charge is -2.18. The number of nitrogens with zero attached hydrogens (tertiary/aromatic N) is 3. The van der Waals surface area contributed by atoms with Crippen molar-refractivity contribution in [3.05, 3.63) is 71.2 Å². The number of carbonyl (C=O) groups excluding carboxylic acids is 1. The molecule has 0 bridgehead atoms. The van der Waals surface area contributed by atoms with Crippen LogP contribution in [0.25, 0.3) is 21.9 Å². The van der Waals surface area contributed by atoms with E-state index in [0.29, 0.717) is 13.0 Å². The van der Waals surface area contributed by atoms with E-state index < -0.39 is 0 Å². The summed E-state index contributed by atoms with van der Waals surface area (Å²) in [6.07, 6.45) is 26.3. The number of pyridine rings is 1. The third kappa shape index (κ3) is 14.0. The lowest BCUT2D eigenvalue weighted by Crippen LogP contribution is -2.22. The highest BCUT2D eigenvalue weighted by Gasteiger charge is 2.22. The van der Waals surface area contributed by atoms with Gasteiger partial charge in [0.1, 0.15) is 11.3 Å². The summed E-state index contributed by atoms with van der Waals surface area (Å²) in [5.74, 6) is 1.31. The molecule has 2 heterocycles. The molecule has 2 aromatic carbocycles. The molecule has 1 amide bonds. The van der Waals surface area contributed by atoms with Crippen molar-refractivity contribution in [3.8, 4) is 0 Å². The highest BCUT2D eigenvalue weighted by molar-refractivity contribution is 6.03. The Kier molecular flexibility index (Phi) is 17.5. The van der Waals surface area contributed by atoms with Crippen molar-refractivity contribution in [2.24, 2.45) is 5.41 Å². The normalized spacial score (nSPS) is 11.9. The zero-order valence-corrected chi connectivity index (χ0v) is 33.1. The number of aromatic nitrogens is 3. The van der Waals surface area contributed by atoms with Crippen molar-refractivity contribution in [2.45, 2.75) is 183 Å². The Morgan fingerprint density at radius 2 is 1.22 bits per heavy atom. The summed E-state index contributed by atoms with van der Waals surface area (Å²) in [6, 6.07) is 17.3. The van der Waals surface area contributed by atoms with Crippen LogP contribution in [0.5, 0.6) is 0 Å². The van der Waals surface area contributed by atoms with Crippen molar-refractivity contribution in [2.75, 3.05) is 0 Å². The Morgan fingerprint density at radius 3 is 1.80 bits per heavy atom. The molecule has 4 rings (SSSR count). The summed E-state index contributed by atoms with van der Waals surface area (Å²) < 4.78 is 2.44. The van der Waals surface area contributed by atoms with Crippen molar-refractivity contribution >= 4 is 27.8 Å². The molecule has 0 fully saturated rings. The predicted octanol–water partition coefficient (Wildman–Crippen LogP) is 12.8. The summed E-state index contributed by atoms with van der Waals surface area (Å²) in [7, 11) is 0. The first-order chi connectivity index (χ1) is 24.8. The SMILES string of the molecule is CCCCCCCCCCCCCCCCCCC(=O)NCc1ccc(Cn2c(CCCC)nc3c(CC(C)(C)C)nc4ccccc4c32)cc1. The fourth-order valence-corrected chi connectivity index (χ4v) is 7.33. The molecule has 0 saturated carbocycles. The Morgan fingerprint density at radius 1 is 0.667 bits per heavy atom. The first-order valence-electron chi connectivity index (χ1n) is 20.9. The maximum Gasteiger partial charge on any atom is 0.220 e. The third-order valence-corrected chi connectivity index (χ3v) is 10.3. The molecule has 4 aromatic rings. The van der Waals surface area contributed by atoms with Gasteiger partial charge in [-0.15, -0.1) is 0 Å². The molecule has 0 unspecified atom stereocenters. The molecule has 280 valence electrons. The number of unbranched alkanes of at least 4 members (excludes halogenated alkanes) is 16. The highest BCUT2D eigenvalue weighted by Crippen LogP contribution is 2.32. The number of imidazole rings is 1. The predicted molar refractivity (Wildman–Crippen MR) is 218 cm³/mol. The molecular formula is C46H70N4O. The highest BCUT2D eigenvalue weighted by atomic mass is 16.1. The molecule has 1 N–H and O–H groups in total. The maximum atomic E-state index is 12.6. The molecular weight excluding hydrogens is 625 g/mol. The first kappa shape index (κ1) is 40.6. The first-order valence-corrected chi connectivity index (χ1v) is 20.9. The average Bonchev–Trinajstić information content (AvgIpc) is 3.48. The van der Waals surface area contributed by atoms with Crippen LogP contribution in [0.1, 0.15) is 179 Å². The van der Waals surface area contributed by atoms with Crippen molar-refractivity contribution in [3.63, 3.8) is 0 Å². The van der Waals surface area contributed by atoms with Crippen LogP contribution in [-0.4, -0.2) is 20.4 Å². The van der Waals surface area contributed by atoms with Gasteiger partial charge in [0.05, 0.1) is 16.7 Å². The summed E-state index contributed by atoms with van der Waals surface area (Å²) in [5, 5.41) is 4.33. The fraction of sp³-hybridized carbons (Fsp3) is 0.630. The van der Waals surface area contributed by atoms with Gasteiger partial charge in [-0.1, -0.05) is 180 Å². The number of hydrogen-bond donors (Lipinski definition) is 1. The van der Waals surface area contributed by atoms with Gasteiger partial charge in [-0.25, -0.2) is 4.98 Å². The van der Waals surface area contributed by atoms with Crippen LogP contribution in [0.4, 0.5) is 0 Å². The van der Waals surface area contributed by atoms with Gasteiger partial charge in [-0.05, 0) is 41.9 Å². The summed E-state index contributed by atoms with van der Waals surface area (Å²) in [6.45, 7) is 12.7. The number of para-hydroxylation sites is 1. The monoisotopic (exact) mass is 695 g/mol.